The van der Waals surface area contributed by atoms with Crippen LogP contribution in [-0.4, -0.2) is 79.7 Å². The van der Waals surface area contributed by atoms with Crippen molar-refractivity contribution in [3.05, 3.63) is 0 Å². The molecule has 0 aromatic carbocycles. The summed E-state index contributed by atoms with van der Waals surface area (Å²) in [6.07, 6.45) is -0.248. The smallest absolute Gasteiger partial charge is 0.411 e. The number of likely N-dealkylation sites (tertiary alicyclic amines) is 1. The number of rotatable bonds is 4. The van der Waals surface area contributed by atoms with E-state index >= 15 is 0 Å². The Morgan fingerprint density at radius 2 is 1.91 bits per heavy atom. The van der Waals surface area contributed by atoms with Crippen LogP contribution in [0.15, 0.2) is 0 Å². The number of hydrogen-bond donors (Lipinski definition) is 1. The molecule has 1 heterocycles. The van der Waals surface area contributed by atoms with Gasteiger partial charge in [0.1, 0.15) is 11.6 Å². The van der Waals surface area contributed by atoms with Crippen molar-refractivity contribution in [2.75, 3.05) is 34.3 Å². The molecule has 1 N–H and O–H groups in total. The minimum absolute atomic E-state index is 0.104. The number of methoxy groups -OCH3 is 1. The van der Waals surface area contributed by atoms with Crippen LogP contribution in [0.4, 0.5) is 4.79 Å². The lowest BCUT2D eigenvalue weighted by atomic mass is 10.1. The first kappa shape index (κ1) is 19.2. The Labute approximate surface area is 137 Å². The van der Waals surface area contributed by atoms with E-state index in [9.17, 15) is 14.4 Å². The molecule has 1 fully saturated rings. The Hall–Kier alpha value is -1.83. The molecule has 23 heavy (non-hydrogen) atoms. The number of esters is 1. The summed E-state index contributed by atoms with van der Waals surface area (Å²) in [5.74, 6) is -0.611. The van der Waals surface area contributed by atoms with Crippen molar-refractivity contribution in [2.24, 2.45) is 0 Å². The van der Waals surface area contributed by atoms with Crippen LogP contribution in [0.1, 0.15) is 27.2 Å². The van der Waals surface area contributed by atoms with Crippen LogP contribution in [-0.2, 0) is 19.1 Å². The highest BCUT2D eigenvalue weighted by molar-refractivity contribution is 5.83. The molecule has 1 rings (SSSR count). The van der Waals surface area contributed by atoms with E-state index in [0.29, 0.717) is 6.42 Å². The zero-order valence-electron chi connectivity index (χ0n) is 14.7. The second-order valence-electron chi connectivity index (χ2n) is 6.60. The van der Waals surface area contributed by atoms with Gasteiger partial charge in [-0.3, -0.25) is 9.69 Å². The van der Waals surface area contributed by atoms with Crippen LogP contribution in [0, 0.1) is 0 Å². The highest BCUT2D eigenvalue weighted by atomic mass is 16.6. The van der Waals surface area contributed by atoms with Crippen LogP contribution in [0.5, 0.6) is 0 Å². The average Bonchev–Trinajstić information content (AvgIpc) is 2.89. The van der Waals surface area contributed by atoms with Gasteiger partial charge in [0, 0.05) is 20.0 Å². The number of carbonyl (C=O) groups is 3. The van der Waals surface area contributed by atoms with E-state index < -0.39 is 23.7 Å². The Bertz CT molecular complexity index is 461. The number of carbonyl (C=O) groups excluding carboxylic acids is 3. The van der Waals surface area contributed by atoms with Crippen molar-refractivity contribution in [3.8, 4) is 0 Å². The number of nitrogens with zero attached hydrogens (tertiary/aromatic N) is 2. The Kier molecular flexibility index (Phi) is 6.37. The Balaban J connectivity index is 2.88. The normalized spacial score (nSPS) is 21.0. The lowest BCUT2D eigenvalue weighted by molar-refractivity contribution is -0.145. The molecule has 0 spiro atoms. The highest BCUT2D eigenvalue weighted by Crippen LogP contribution is 2.25. The van der Waals surface area contributed by atoms with Gasteiger partial charge in [-0.25, -0.2) is 9.59 Å². The summed E-state index contributed by atoms with van der Waals surface area (Å²) in [5, 5.41) is 2.79. The molecule has 2 atom stereocenters. The molecule has 2 amide bonds. The van der Waals surface area contributed by atoms with Gasteiger partial charge in [0.2, 0.25) is 5.91 Å². The number of ether oxygens (including phenoxy) is 2. The van der Waals surface area contributed by atoms with Crippen molar-refractivity contribution >= 4 is 18.0 Å². The predicted octanol–water partition coefficient (Wildman–Crippen LogP) is 0.215. The maximum absolute atomic E-state index is 12.3. The van der Waals surface area contributed by atoms with Crippen LogP contribution in [0.2, 0.25) is 0 Å². The van der Waals surface area contributed by atoms with E-state index in [1.54, 1.807) is 39.8 Å². The molecule has 132 valence electrons. The summed E-state index contributed by atoms with van der Waals surface area (Å²) in [5.41, 5.74) is -0.663. The van der Waals surface area contributed by atoms with Crippen molar-refractivity contribution < 1.29 is 23.9 Å². The fourth-order valence-corrected chi connectivity index (χ4v) is 2.46. The van der Waals surface area contributed by atoms with Crippen molar-refractivity contribution in [1.29, 1.82) is 0 Å². The third-order valence-corrected chi connectivity index (χ3v) is 3.65. The standard InChI is InChI=1S/C15H27N3O5/c1-15(2,3)23-14(21)18-9-10(7-11(18)13(20)22-6)17(5)12(19)8-16-4/h10-11,16H,7-9H2,1-6H3/t10-,11+/m1/s1. The minimum Gasteiger partial charge on any atom is -0.467 e. The third-order valence-electron chi connectivity index (χ3n) is 3.65. The van der Waals surface area contributed by atoms with Gasteiger partial charge in [-0.15, -0.1) is 0 Å². The zero-order valence-corrected chi connectivity index (χ0v) is 14.7. The molecule has 0 aromatic rings. The first-order chi connectivity index (χ1) is 10.6. The molecule has 0 radical (unpaired) electrons. The minimum atomic E-state index is -0.746. The summed E-state index contributed by atoms with van der Waals surface area (Å²) < 4.78 is 10.1. The topological polar surface area (TPSA) is 88.2 Å². The SMILES string of the molecule is CNCC(=O)N(C)[C@@H]1C[C@@H](C(=O)OC)N(C(=O)OC(C)(C)C)C1. The highest BCUT2D eigenvalue weighted by Gasteiger charge is 2.44. The van der Waals surface area contributed by atoms with E-state index in [0.717, 1.165) is 0 Å². The van der Waals surface area contributed by atoms with Gasteiger partial charge in [-0.2, -0.15) is 0 Å². The largest absolute Gasteiger partial charge is 0.467 e. The summed E-state index contributed by atoms with van der Waals surface area (Å²) in [7, 11) is 4.63. The first-order valence-electron chi connectivity index (χ1n) is 7.58. The summed E-state index contributed by atoms with van der Waals surface area (Å²) >= 11 is 0. The van der Waals surface area contributed by atoms with Crippen LogP contribution < -0.4 is 5.32 Å². The summed E-state index contributed by atoms with van der Waals surface area (Å²) in [4.78, 5) is 39.2. The maximum atomic E-state index is 12.3. The van der Waals surface area contributed by atoms with Crippen molar-refractivity contribution in [1.82, 2.24) is 15.1 Å². The van der Waals surface area contributed by atoms with E-state index in [4.69, 9.17) is 9.47 Å². The lowest BCUT2D eigenvalue weighted by Crippen LogP contribution is -2.45. The number of amides is 2. The third kappa shape index (κ3) is 5.09. The maximum Gasteiger partial charge on any atom is 0.411 e. The van der Waals surface area contributed by atoms with E-state index in [-0.39, 0.29) is 25.0 Å². The van der Waals surface area contributed by atoms with Gasteiger partial charge in [-0.05, 0) is 27.8 Å². The average molecular weight is 329 g/mol. The number of hydrogen-bond acceptors (Lipinski definition) is 6. The molecule has 1 aliphatic heterocycles. The van der Waals surface area contributed by atoms with E-state index in [1.807, 2.05) is 0 Å². The Morgan fingerprint density at radius 3 is 2.39 bits per heavy atom. The molecule has 0 unspecified atom stereocenters. The first-order valence-corrected chi connectivity index (χ1v) is 7.58. The predicted molar refractivity (Wildman–Crippen MR) is 83.8 cm³/mol. The molecule has 8 nitrogen and oxygen atoms in total. The molecule has 1 aliphatic rings. The molecular weight excluding hydrogens is 302 g/mol. The van der Waals surface area contributed by atoms with Crippen LogP contribution in [0.3, 0.4) is 0 Å². The summed E-state index contributed by atoms with van der Waals surface area (Å²) in [6, 6.07) is -1.00. The summed E-state index contributed by atoms with van der Waals surface area (Å²) in [6.45, 7) is 5.71. The van der Waals surface area contributed by atoms with Crippen LogP contribution in [0.25, 0.3) is 0 Å². The molecule has 0 aromatic heterocycles. The molecule has 1 saturated heterocycles. The van der Waals surface area contributed by atoms with Crippen molar-refractivity contribution in [2.45, 2.75) is 44.9 Å². The number of nitrogens with one attached hydrogen (secondary N) is 1. The van der Waals surface area contributed by atoms with Crippen LogP contribution >= 0.6 is 0 Å². The molecular formula is C15H27N3O5. The van der Waals surface area contributed by atoms with E-state index in [1.165, 1.54) is 12.0 Å². The molecule has 0 saturated carbocycles. The van der Waals surface area contributed by atoms with E-state index in [2.05, 4.69) is 5.32 Å². The van der Waals surface area contributed by atoms with Gasteiger partial charge in [0.15, 0.2) is 0 Å². The Morgan fingerprint density at radius 1 is 1.30 bits per heavy atom. The van der Waals surface area contributed by atoms with Gasteiger partial charge in [0.05, 0.1) is 19.7 Å². The van der Waals surface area contributed by atoms with Gasteiger partial charge in [-0.1, -0.05) is 0 Å². The van der Waals surface area contributed by atoms with Crippen molar-refractivity contribution in [3.63, 3.8) is 0 Å². The quantitative estimate of drug-likeness (QED) is 0.742. The number of likely N-dealkylation sites (N-methyl/N-ethyl adjacent to an activating group) is 2. The molecule has 0 aliphatic carbocycles. The second kappa shape index (κ2) is 7.63. The molecule has 0 bridgehead atoms. The second-order valence-corrected chi connectivity index (χ2v) is 6.60. The fourth-order valence-electron chi connectivity index (χ4n) is 2.46. The van der Waals surface area contributed by atoms with Gasteiger partial charge in [0.25, 0.3) is 0 Å². The zero-order chi connectivity index (χ0) is 17.8. The molecule has 8 heteroatoms. The monoisotopic (exact) mass is 329 g/mol. The van der Waals surface area contributed by atoms with Gasteiger partial charge < -0.3 is 19.7 Å². The van der Waals surface area contributed by atoms with Gasteiger partial charge >= 0.3 is 12.1 Å². The lowest BCUT2D eigenvalue weighted by Gasteiger charge is -2.28. The fraction of sp³-hybridized carbons (Fsp3) is 0.800.